The zero-order valence-electron chi connectivity index (χ0n) is 14.7. The highest BCUT2D eigenvalue weighted by Gasteiger charge is 2.34. The summed E-state index contributed by atoms with van der Waals surface area (Å²) in [5.74, 6) is 0.0507. The highest BCUT2D eigenvalue weighted by molar-refractivity contribution is 5.92. The Morgan fingerprint density at radius 1 is 1.37 bits per heavy atom. The lowest BCUT2D eigenvalue weighted by atomic mass is 9.97. The smallest absolute Gasteiger partial charge is 0.307 e. The van der Waals surface area contributed by atoms with Gasteiger partial charge < -0.3 is 5.32 Å². The third kappa shape index (κ3) is 4.55. The molecule has 1 aliphatic rings. The second-order valence-corrected chi connectivity index (χ2v) is 6.78. The van der Waals surface area contributed by atoms with Gasteiger partial charge in [-0.25, -0.2) is 4.98 Å². The molecule has 2 aromatic rings. The standard InChI is InChI=1S/C17H20F3N5O2/c1-24-7-6-14(23-24)22-16(27)12(8-11-4-2-3-5-11)25-10-21-13(9-15(25)26)17(18,19)20/h6-7,9-12H,2-5,8H2,1H3,(H,22,23,27). The van der Waals surface area contributed by atoms with E-state index in [0.717, 1.165) is 36.6 Å². The number of hydrogen-bond acceptors (Lipinski definition) is 4. The van der Waals surface area contributed by atoms with E-state index in [1.54, 1.807) is 19.3 Å². The number of amides is 1. The lowest BCUT2D eigenvalue weighted by molar-refractivity contribution is -0.141. The minimum absolute atomic E-state index is 0.235. The number of carbonyl (C=O) groups excluding carboxylic acids is 1. The van der Waals surface area contributed by atoms with E-state index in [1.807, 2.05) is 0 Å². The highest BCUT2D eigenvalue weighted by Crippen LogP contribution is 2.32. The number of nitrogens with one attached hydrogen (secondary N) is 1. The molecule has 3 rings (SSSR count). The van der Waals surface area contributed by atoms with Crippen molar-refractivity contribution < 1.29 is 18.0 Å². The average molecular weight is 383 g/mol. The third-order valence-electron chi connectivity index (χ3n) is 4.76. The minimum atomic E-state index is -4.71. The lowest BCUT2D eigenvalue weighted by Crippen LogP contribution is -2.35. The lowest BCUT2D eigenvalue weighted by Gasteiger charge is -2.22. The van der Waals surface area contributed by atoms with Gasteiger partial charge in [0.05, 0.1) is 6.33 Å². The molecule has 0 spiro atoms. The SMILES string of the molecule is Cn1ccc(NC(=O)C(CC2CCCC2)n2cnc(C(F)(F)F)cc2=O)n1. The van der Waals surface area contributed by atoms with Crippen molar-refractivity contribution in [3.8, 4) is 0 Å². The van der Waals surface area contributed by atoms with E-state index in [-0.39, 0.29) is 5.92 Å². The quantitative estimate of drug-likeness (QED) is 0.861. The number of nitrogens with zero attached hydrogens (tertiary/aromatic N) is 4. The molecule has 27 heavy (non-hydrogen) atoms. The van der Waals surface area contributed by atoms with Gasteiger partial charge in [0.25, 0.3) is 5.56 Å². The Labute approximate surface area is 153 Å². The van der Waals surface area contributed by atoms with Crippen LogP contribution in [0.2, 0.25) is 0 Å². The first-order valence-corrected chi connectivity index (χ1v) is 8.70. The van der Waals surface area contributed by atoms with Gasteiger partial charge in [-0.2, -0.15) is 18.3 Å². The Morgan fingerprint density at radius 3 is 2.63 bits per heavy atom. The van der Waals surface area contributed by atoms with Crippen molar-refractivity contribution in [2.75, 3.05) is 5.32 Å². The van der Waals surface area contributed by atoms with E-state index >= 15 is 0 Å². The molecule has 0 saturated heterocycles. The largest absolute Gasteiger partial charge is 0.433 e. The molecule has 10 heteroatoms. The molecular weight excluding hydrogens is 363 g/mol. The molecule has 0 aromatic carbocycles. The number of hydrogen-bond donors (Lipinski definition) is 1. The van der Waals surface area contributed by atoms with E-state index < -0.39 is 29.4 Å². The fourth-order valence-corrected chi connectivity index (χ4v) is 3.40. The average Bonchev–Trinajstić information content (AvgIpc) is 3.23. The molecule has 7 nitrogen and oxygen atoms in total. The Balaban J connectivity index is 1.89. The number of aromatic nitrogens is 4. The Bertz CT molecular complexity index is 868. The van der Waals surface area contributed by atoms with E-state index in [1.165, 1.54) is 4.68 Å². The molecule has 1 amide bonds. The highest BCUT2D eigenvalue weighted by atomic mass is 19.4. The molecule has 1 atom stereocenters. The van der Waals surface area contributed by atoms with Crippen molar-refractivity contribution in [2.24, 2.45) is 13.0 Å². The molecule has 2 heterocycles. The fourth-order valence-electron chi connectivity index (χ4n) is 3.40. The summed E-state index contributed by atoms with van der Waals surface area (Å²) in [5.41, 5.74) is -2.18. The van der Waals surface area contributed by atoms with Gasteiger partial charge in [-0.05, 0) is 12.3 Å². The summed E-state index contributed by atoms with van der Waals surface area (Å²) in [6.45, 7) is 0. The van der Waals surface area contributed by atoms with Crippen LogP contribution in [0.3, 0.4) is 0 Å². The van der Waals surface area contributed by atoms with E-state index in [2.05, 4.69) is 15.4 Å². The van der Waals surface area contributed by atoms with Crippen LogP contribution >= 0.6 is 0 Å². The van der Waals surface area contributed by atoms with Crippen molar-refractivity contribution >= 4 is 11.7 Å². The van der Waals surface area contributed by atoms with Gasteiger partial charge in [-0.1, -0.05) is 25.7 Å². The zero-order valence-corrected chi connectivity index (χ0v) is 14.7. The molecule has 2 aromatic heterocycles. The third-order valence-corrected chi connectivity index (χ3v) is 4.76. The van der Waals surface area contributed by atoms with Crippen molar-refractivity contribution in [1.29, 1.82) is 0 Å². The molecule has 1 aliphatic carbocycles. The second-order valence-electron chi connectivity index (χ2n) is 6.78. The van der Waals surface area contributed by atoms with Crippen LogP contribution in [0.15, 0.2) is 29.5 Å². The molecular formula is C17H20F3N5O2. The number of rotatable bonds is 5. The van der Waals surface area contributed by atoms with Gasteiger partial charge in [0.2, 0.25) is 5.91 Å². The minimum Gasteiger partial charge on any atom is -0.307 e. The van der Waals surface area contributed by atoms with Crippen LogP contribution in [-0.2, 0) is 18.0 Å². The maximum Gasteiger partial charge on any atom is 0.433 e. The number of halogens is 3. The maximum absolute atomic E-state index is 12.8. The van der Waals surface area contributed by atoms with E-state index in [9.17, 15) is 22.8 Å². The van der Waals surface area contributed by atoms with E-state index in [4.69, 9.17) is 0 Å². The van der Waals surface area contributed by atoms with Gasteiger partial charge in [-0.15, -0.1) is 0 Å². The summed E-state index contributed by atoms with van der Waals surface area (Å²) in [6.07, 6.45) is 2.04. The summed E-state index contributed by atoms with van der Waals surface area (Å²) >= 11 is 0. The summed E-state index contributed by atoms with van der Waals surface area (Å²) in [5, 5.41) is 6.69. The molecule has 1 saturated carbocycles. The second kappa shape index (κ2) is 7.53. The Kier molecular flexibility index (Phi) is 5.33. The van der Waals surface area contributed by atoms with Gasteiger partial charge in [0.1, 0.15) is 6.04 Å². The van der Waals surface area contributed by atoms with Crippen LogP contribution in [0.4, 0.5) is 19.0 Å². The molecule has 0 bridgehead atoms. The normalized spacial score (nSPS) is 16.4. The number of aryl methyl sites for hydroxylation is 1. The maximum atomic E-state index is 12.8. The number of carbonyl (C=O) groups is 1. The summed E-state index contributed by atoms with van der Waals surface area (Å²) in [6, 6.07) is 1.07. The van der Waals surface area contributed by atoms with Crippen LogP contribution in [0.1, 0.15) is 43.8 Å². The first kappa shape index (κ1) is 19.1. The van der Waals surface area contributed by atoms with Gasteiger partial charge in [0, 0.05) is 25.4 Å². The molecule has 1 N–H and O–H groups in total. The molecule has 1 unspecified atom stereocenters. The van der Waals surface area contributed by atoms with Crippen molar-refractivity contribution in [3.63, 3.8) is 0 Å². The topological polar surface area (TPSA) is 81.8 Å². The van der Waals surface area contributed by atoms with Crippen molar-refractivity contribution in [2.45, 2.75) is 44.3 Å². The van der Waals surface area contributed by atoms with Gasteiger partial charge in [0.15, 0.2) is 11.5 Å². The van der Waals surface area contributed by atoms with Crippen molar-refractivity contribution in [1.82, 2.24) is 19.3 Å². The molecule has 1 fully saturated rings. The zero-order chi connectivity index (χ0) is 19.6. The predicted molar refractivity (Wildman–Crippen MR) is 90.9 cm³/mol. The first-order chi connectivity index (χ1) is 12.7. The fraction of sp³-hybridized carbons (Fsp3) is 0.529. The van der Waals surface area contributed by atoms with Crippen molar-refractivity contribution in [3.05, 3.63) is 40.7 Å². The van der Waals surface area contributed by atoms with Crippen LogP contribution in [0.5, 0.6) is 0 Å². The molecule has 0 aliphatic heterocycles. The predicted octanol–water partition coefficient (Wildman–Crippen LogP) is 2.76. The van der Waals surface area contributed by atoms with Crippen LogP contribution in [0, 0.1) is 5.92 Å². The molecule has 0 radical (unpaired) electrons. The van der Waals surface area contributed by atoms with Gasteiger partial charge in [-0.3, -0.25) is 18.8 Å². The van der Waals surface area contributed by atoms with Crippen LogP contribution in [0.25, 0.3) is 0 Å². The Morgan fingerprint density at radius 2 is 2.07 bits per heavy atom. The number of anilines is 1. The number of alkyl halides is 3. The summed E-state index contributed by atoms with van der Waals surface area (Å²) < 4.78 is 40.8. The first-order valence-electron chi connectivity index (χ1n) is 8.70. The van der Waals surface area contributed by atoms with Crippen LogP contribution < -0.4 is 10.9 Å². The van der Waals surface area contributed by atoms with Crippen LogP contribution in [-0.4, -0.2) is 25.2 Å². The monoisotopic (exact) mass is 383 g/mol. The Hall–Kier alpha value is -2.65. The molecule has 146 valence electrons. The van der Waals surface area contributed by atoms with Gasteiger partial charge >= 0.3 is 6.18 Å². The summed E-state index contributed by atoms with van der Waals surface area (Å²) in [7, 11) is 1.69. The van der Waals surface area contributed by atoms with E-state index in [0.29, 0.717) is 18.3 Å². The summed E-state index contributed by atoms with van der Waals surface area (Å²) in [4.78, 5) is 28.4.